The van der Waals surface area contributed by atoms with E-state index in [0.29, 0.717) is 11.3 Å². The maximum Gasteiger partial charge on any atom is 0.306 e. The maximum atomic E-state index is 12.1. The van der Waals surface area contributed by atoms with E-state index in [1.165, 1.54) is 14.0 Å². The van der Waals surface area contributed by atoms with Crippen LogP contribution in [0, 0.1) is 11.8 Å². The van der Waals surface area contributed by atoms with Crippen molar-refractivity contribution >= 4 is 11.8 Å². The highest BCUT2D eigenvalue weighted by molar-refractivity contribution is 6.01. The van der Waals surface area contributed by atoms with Gasteiger partial charge in [0, 0.05) is 5.92 Å². The van der Waals surface area contributed by atoms with Gasteiger partial charge in [0.05, 0.1) is 18.6 Å². The molecule has 17 heavy (non-hydrogen) atoms. The van der Waals surface area contributed by atoms with E-state index in [0.717, 1.165) is 0 Å². The van der Waals surface area contributed by atoms with E-state index in [4.69, 9.17) is 9.84 Å². The Morgan fingerprint density at radius 1 is 1.18 bits per heavy atom. The van der Waals surface area contributed by atoms with Crippen LogP contribution in [0.2, 0.25) is 0 Å². The molecule has 1 N–H and O–H groups in total. The summed E-state index contributed by atoms with van der Waals surface area (Å²) in [5, 5.41) is 8.89. The van der Waals surface area contributed by atoms with Gasteiger partial charge in [-0.25, -0.2) is 0 Å². The van der Waals surface area contributed by atoms with Crippen LogP contribution in [0.5, 0.6) is 5.75 Å². The van der Waals surface area contributed by atoms with Crippen molar-refractivity contribution in [1.29, 1.82) is 0 Å². The summed E-state index contributed by atoms with van der Waals surface area (Å²) in [5.41, 5.74) is 0.426. The number of carbonyl (C=O) groups is 2. The van der Waals surface area contributed by atoms with Crippen molar-refractivity contribution in [3.8, 4) is 5.75 Å². The molecule has 4 heteroatoms. The Kier molecular flexibility index (Phi) is 4.26. The summed E-state index contributed by atoms with van der Waals surface area (Å²) in [5.74, 6) is -2.00. The number of carboxylic acid groups (broad SMARTS) is 1. The highest BCUT2D eigenvalue weighted by atomic mass is 16.5. The second kappa shape index (κ2) is 5.48. The molecule has 0 heterocycles. The number of carbonyl (C=O) groups excluding carboxylic acids is 1. The number of hydrogen-bond donors (Lipinski definition) is 1. The maximum absolute atomic E-state index is 12.1. The van der Waals surface area contributed by atoms with Gasteiger partial charge >= 0.3 is 5.97 Å². The van der Waals surface area contributed by atoms with Crippen molar-refractivity contribution in [2.45, 2.75) is 13.8 Å². The number of hydrogen-bond acceptors (Lipinski definition) is 3. The third-order valence-electron chi connectivity index (χ3n) is 2.93. The van der Waals surface area contributed by atoms with Gasteiger partial charge in [0.1, 0.15) is 5.75 Å². The quantitative estimate of drug-likeness (QED) is 0.796. The summed E-state index contributed by atoms with van der Waals surface area (Å²) in [6.45, 7) is 3.15. The average molecular weight is 236 g/mol. The topological polar surface area (TPSA) is 63.6 Å². The molecule has 0 radical (unpaired) electrons. The van der Waals surface area contributed by atoms with Gasteiger partial charge in [-0.15, -0.1) is 0 Å². The van der Waals surface area contributed by atoms with Gasteiger partial charge in [0.25, 0.3) is 0 Å². The van der Waals surface area contributed by atoms with Gasteiger partial charge in [-0.05, 0) is 12.1 Å². The number of rotatable bonds is 5. The average Bonchev–Trinajstić information content (AvgIpc) is 2.35. The van der Waals surface area contributed by atoms with Crippen LogP contribution in [0.4, 0.5) is 0 Å². The lowest BCUT2D eigenvalue weighted by atomic mass is 9.88. The Labute approximate surface area is 100 Å². The second-order valence-electron chi connectivity index (χ2n) is 3.98. The zero-order valence-electron chi connectivity index (χ0n) is 10.1. The van der Waals surface area contributed by atoms with E-state index in [-0.39, 0.29) is 5.78 Å². The molecule has 0 amide bonds. The number of ketones is 1. The van der Waals surface area contributed by atoms with Gasteiger partial charge in [-0.3, -0.25) is 9.59 Å². The fourth-order valence-corrected chi connectivity index (χ4v) is 1.53. The van der Waals surface area contributed by atoms with Crippen molar-refractivity contribution in [1.82, 2.24) is 0 Å². The lowest BCUT2D eigenvalue weighted by molar-refractivity contribution is -0.142. The molecule has 0 aliphatic rings. The van der Waals surface area contributed by atoms with Crippen LogP contribution in [0.1, 0.15) is 24.2 Å². The summed E-state index contributed by atoms with van der Waals surface area (Å²) < 4.78 is 5.09. The summed E-state index contributed by atoms with van der Waals surface area (Å²) in [4.78, 5) is 23.0. The molecule has 0 saturated carbocycles. The molecular weight excluding hydrogens is 220 g/mol. The van der Waals surface area contributed by atoms with Gasteiger partial charge in [-0.1, -0.05) is 26.0 Å². The number of carboxylic acids is 1. The van der Waals surface area contributed by atoms with Crippen LogP contribution in [-0.2, 0) is 4.79 Å². The molecule has 0 bridgehead atoms. The van der Waals surface area contributed by atoms with Gasteiger partial charge < -0.3 is 9.84 Å². The third kappa shape index (κ3) is 2.84. The summed E-state index contributed by atoms with van der Waals surface area (Å²) in [6.07, 6.45) is 0. The Bertz CT molecular complexity index is 425. The van der Waals surface area contributed by atoms with Crippen molar-refractivity contribution in [3.63, 3.8) is 0 Å². The first-order valence-corrected chi connectivity index (χ1v) is 5.39. The largest absolute Gasteiger partial charge is 0.496 e. The predicted molar refractivity (Wildman–Crippen MR) is 63.3 cm³/mol. The molecule has 4 nitrogen and oxygen atoms in total. The SMILES string of the molecule is COc1ccccc1C(=O)C(C)C(C)C(=O)O. The lowest BCUT2D eigenvalue weighted by Crippen LogP contribution is -2.25. The first-order chi connectivity index (χ1) is 7.99. The van der Waals surface area contributed by atoms with E-state index in [1.54, 1.807) is 31.2 Å². The first-order valence-electron chi connectivity index (χ1n) is 5.39. The molecule has 1 aromatic rings. The fraction of sp³-hybridized carbons (Fsp3) is 0.385. The number of aliphatic carboxylic acids is 1. The smallest absolute Gasteiger partial charge is 0.306 e. The number of benzene rings is 1. The molecule has 0 fully saturated rings. The minimum Gasteiger partial charge on any atom is -0.496 e. The van der Waals surface area contributed by atoms with E-state index < -0.39 is 17.8 Å². The Morgan fingerprint density at radius 3 is 2.29 bits per heavy atom. The Balaban J connectivity index is 3.00. The molecule has 2 unspecified atom stereocenters. The van der Waals surface area contributed by atoms with Crippen molar-refractivity contribution < 1.29 is 19.4 Å². The number of ether oxygens (including phenoxy) is 1. The Hall–Kier alpha value is -1.84. The van der Waals surface area contributed by atoms with Crippen molar-refractivity contribution in [2.75, 3.05) is 7.11 Å². The molecule has 2 atom stereocenters. The zero-order chi connectivity index (χ0) is 13.0. The second-order valence-corrected chi connectivity index (χ2v) is 3.98. The lowest BCUT2D eigenvalue weighted by Gasteiger charge is -2.16. The van der Waals surface area contributed by atoms with Crippen LogP contribution in [0.25, 0.3) is 0 Å². The van der Waals surface area contributed by atoms with Crippen molar-refractivity contribution in [2.24, 2.45) is 11.8 Å². The van der Waals surface area contributed by atoms with Crippen LogP contribution >= 0.6 is 0 Å². The van der Waals surface area contributed by atoms with Gasteiger partial charge in [-0.2, -0.15) is 0 Å². The van der Waals surface area contributed by atoms with E-state index in [2.05, 4.69) is 0 Å². The van der Waals surface area contributed by atoms with Gasteiger partial charge in [0.2, 0.25) is 0 Å². The van der Waals surface area contributed by atoms with Crippen LogP contribution in [0.3, 0.4) is 0 Å². The number of Topliss-reactive ketones (excluding diaryl/α,β-unsaturated/α-hetero) is 1. The highest BCUT2D eigenvalue weighted by Gasteiger charge is 2.28. The number of para-hydroxylation sites is 1. The van der Waals surface area contributed by atoms with Gasteiger partial charge in [0.15, 0.2) is 5.78 Å². The van der Waals surface area contributed by atoms with Crippen molar-refractivity contribution in [3.05, 3.63) is 29.8 Å². The molecular formula is C13H16O4. The monoisotopic (exact) mass is 236 g/mol. The molecule has 1 aromatic carbocycles. The summed E-state index contributed by atoms with van der Waals surface area (Å²) in [7, 11) is 1.48. The molecule has 0 saturated heterocycles. The molecule has 0 aromatic heterocycles. The van der Waals surface area contributed by atoms with Crippen LogP contribution in [0.15, 0.2) is 24.3 Å². The van der Waals surface area contributed by atoms with E-state index in [9.17, 15) is 9.59 Å². The zero-order valence-corrected chi connectivity index (χ0v) is 10.1. The fourth-order valence-electron chi connectivity index (χ4n) is 1.53. The Morgan fingerprint density at radius 2 is 1.76 bits per heavy atom. The van der Waals surface area contributed by atoms with Crippen LogP contribution < -0.4 is 4.74 Å². The minimum atomic E-state index is -0.972. The normalized spacial score (nSPS) is 13.8. The number of methoxy groups -OCH3 is 1. The molecule has 0 spiro atoms. The minimum absolute atomic E-state index is 0.211. The molecule has 0 aliphatic heterocycles. The summed E-state index contributed by atoms with van der Waals surface area (Å²) >= 11 is 0. The van der Waals surface area contributed by atoms with Crippen LogP contribution in [-0.4, -0.2) is 24.0 Å². The standard InChI is InChI=1S/C13H16O4/c1-8(9(2)13(15)16)12(14)10-6-4-5-7-11(10)17-3/h4-9H,1-3H3,(H,15,16). The predicted octanol–water partition coefficient (Wildman–Crippen LogP) is 2.23. The summed E-state index contributed by atoms with van der Waals surface area (Å²) in [6, 6.07) is 6.83. The van der Waals surface area contributed by atoms with E-state index in [1.807, 2.05) is 0 Å². The molecule has 1 rings (SSSR count). The highest BCUT2D eigenvalue weighted by Crippen LogP contribution is 2.24. The van der Waals surface area contributed by atoms with E-state index >= 15 is 0 Å². The molecule has 0 aliphatic carbocycles. The molecule has 92 valence electrons. The third-order valence-corrected chi connectivity index (χ3v) is 2.93. The first kappa shape index (κ1) is 13.2.